The second kappa shape index (κ2) is 21.6. The van der Waals surface area contributed by atoms with Crippen molar-refractivity contribution >= 4 is 92.5 Å². The fraction of sp³-hybridized carbons (Fsp3) is 0.500. The number of amides is 4. The van der Waals surface area contributed by atoms with Crippen molar-refractivity contribution in [1.82, 2.24) is 24.7 Å². The number of esters is 2. The Morgan fingerprint density at radius 3 is 2.29 bits per heavy atom. The average molecular weight is 1070 g/mol. The molecule has 0 spiro atoms. The zero-order chi connectivity index (χ0) is 53.2. The number of fused-ring (bicyclic) bond motifs is 2. The fourth-order valence-electron chi connectivity index (χ4n) is 7.64. The van der Waals surface area contributed by atoms with Gasteiger partial charge < -0.3 is 43.3 Å². The molecule has 2 fully saturated rings. The molecule has 7 rings (SSSR count). The summed E-state index contributed by atoms with van der Waals surface area (Å²) in [5.41, 5.74) is -1.31. The molecule has 2 aliphatic heterocycles. The fourth-order valence-corrected chi connectivity index (χ4v) is 10.0. The van der Waals surface area contributed by atoms with Crippen molar-refractivity contribution in [2.75, 3.05) is 31.8 Å². The van der Waals surface area contributed by atoms with Gasteiger partial charge in [-0.25, -0.2) is 24.2 Å². The van der Waals surface area contributed by atoms with E-state index in [0.717, 1.165) is 22.4 Å². The quantitative estimate of drug-likeness (QED) is 0.0264. The zero-order valence-electron chi connectivity index (χ0n) is 42.8. The lowest BCUT2D eigenvalue weighted by molar-refractivity contribution is -0.663. The number of anilines is 1. The van der Waals surface area contributed by atoms with Crippen LogP contribution in [0.3, 0.4) is 0 Å². The number of methoxy groups -OCH3 is 1. The number of aromatic nitrogens is 3. The maximum atomic E-state index is 14.4. The number of ether oxygens (including phenoxy) is 5. The van der Waals surface area contributed by atoms with Crippen LogP contribution in [0, 0.1) is 0 Å². The number of nitrogens with zero attached hydrogens (tertiary/aromatic N) is 6. The summed E-state index contributed by atoms with van der Waals surface area (Å²) >= 11 is 8.82. The minimum absolute atomic E-state index is 0.0273. The number of carbonyl (C=O) groups is 6. The van der Waals surface area contributed by atoms with E-state index < -0.39 is 75.5 Å². The molecule has 1 aliphatic carbocycles. The number of nitrogens with one attached hydrogen (secondary N) is 2. The Bertz CT molecular complexity index is 2840. The molecule has 3 aliphatic rings. The first kappa shape index (κ1) is 54.4. The summed E-state index contributed by atoms with van der Waals surface area (Å²) in [6.07, 6.45) is 3.81. The van der Waals surface area contributed by atoms with Gasteiger partial charge in [0, 0.05) is 62.6 Å². The third-order valence-electron chi connectivity index (χ3n) is 11.2. The van der Waals surface area contributed by atoms with Gasteiger partial charge in [-0.2, -0.15) is 4.57 Å². The van der Waals surface area contributed by atoms with Gasteiger partial charge in [0.15, 0.2) is 23.6 Å². The van der Waals surface area contributed by atoms with Crippen LogP contribution in [-0.2, 0) is 62.7 Å². The van der Waals surface area contributed by atoms with Gasteiger partial charge in [-0.3, -0.25) is 19.8 Å². The Morgan fingerprint density at radius 2 is 1.64 bits per heavy atom. The van der Waals surface area contributed by atoms with Gasteiger partial charge in [0.05, 0.1) is 7.11 Å². The van der Waals surface area contributed by atoms with Crippen molar-refractivity contribution in [3.05, 3.63) is 81.7 Å². The standard InChI is InChI=1S/C50H61ClN8O12S2/c1-47(2,3)68-43(63)50(20-21-50)71-55-35(34-38(51)73-44(53-34)54-45(64)69-48(4,5)6)39(60)52-36-40(61)59-37(42(62)67-27-29-15-17-31(66-11)18-16-29)30(28-72-41(36)59)26-58-23-12-14-32-33(58)19-25-57(32)24-13-22-56(10)46(65)70-49(7,8)9/h12,14-19,23,25,36,41H,13,20-22,24,26-28H2,1-11H3,(H-,52,53,54,60,64)/p+1/b55-35-. The normalized spacial score (nSPS) is 17.5. The molecule has 1 saturated heterocycles. The second-order valence-electron chi connectivity index (χ2n) is 20.7. The van der Waals surface area contributed by atoms with E-state index in [1.807, 2.05) is 55.9 Å². The Kier molecular flexibility index (Phi) is 16.1. The number of aryl methyl sites for hydroxylation is 1. The van der Waals surface area contributed by atoms with E-state index in [4.69, 9.17) is 40.1 Å². The topological polar surface area (TPSA) is 222 Å². The van der Waals surface area contributed by atoms with Gasteiger partial charge >= 0.3 is 24.1 Å². The van der Waals surface area contributed by atoms with Crippen LogP contribution in [0.2, 0.25) is 4.34 Å². The van der Waals surface area contributed by atoms with Crippen LogP contribution < -0.4 is 19.9 Å². The van der Waals surface area contributed by atoms with Crippen LogP contribution in [0.1, 0.15) is 92.8 Å². The van der Waals surface area contributed by atoms with Crippen molar-refractivity contribution in [3.8, 4) is 5.75 Å². The minimum atomic E-state index is -1.48. The van der Waals surface area contributed by atoms with Crippen molar-refractivity contribution < 1.29 is 61.9 Å². The number of thiazole rings is 1. The van der Waals surface area contributed by atoms with Gasteiger partial charge in [-0.05, 0) is 92.5 Å². The summed E-state index contributed by atoms with van der Waals surface area (Å²) in [6, 6.07) is 11.7. The molecule has 23 heteroatoms. The van der Waals surface area contributed by atoms with Crippen molar-refractivity contribution in [1.29, 1.82) is 0 Å². The lowest BCUT2D eigenvalue weighted by Gasteiger charge is -2.49. The summed E-state index contributed by atoms with van der Waals surface area (Å²) in [7, 11) is 3.26. The van der Waals surface area contributed by atoms with Crippen molar-refractivity contribution in [3.63, 3.8) is 0 Å². The van der Waals surface area contributed by atoms with Gasteiger partial charge in [0.1, 0.15) is 61.8 Å². The predicted molar refractivity (Wildman–Crippen MR) is 273 cm³/mol. The average Bonchev–Trinajstić information content (AvgIpc) is 3.86. The Hall–Kier alpha value is -6.39. The first-order chi connectivity index (χ1) is 34.2. The molecular formula is C50H62ClN8O12S2+. The Morgan fingerprint density at radius 1 is 0.959 bits per heavy atom. The third kappa shape index (κ3) is 13.4. The number of pyridine rings is 1. The van der Waals surface area contributed by atoms with E-state index in [9.17, 15) is 28.8 Å². The number of oxime groups is 1. The third-order valence-corrected chi connectivity index (χ3v) is 13.8. The molecule has 1 aromatic carbocycles. The molecule has 4 amide bonds. The summed E-state index contributed by atoms with van der Waals surface area (Å²) in [5.74, 6) is -2.05. The molecule has 0 radical (unpaired) electrons. The van der Waals surface area contributed by atoms with E-state index in [0.29, 0.717) is 36.4 Å². The van der Waals surface area contributed by atoms with Crippen LogP contribution in [0.15, 0.2) is 71.3 Å². The zero-order valence-corrected chi connectivity index (χ0v) is 45.2. The lowest BCUT2D eigenvalue weighted by Crippen LogP contribution is -2.71. The van der Waals surface area contributed by atoms with E-state index in [-0.39, 0.29) is 52.6 Å². The highest BCUT2D eigenvalue weighted by Gasteiger charge is 2.58. The molecule has 20 nitrogen and oxygen atoms in total. The monoisotopic (exact) mass is 1070 g/mol. The van der Waals surface area contributed by atoms with Gasteiger partial charge in [-0.15, -0.1) is 11.8 Å². The molecule has 2 atom stereocenters. The SMILES string of the molecule is COc1ccc(COC(=O)C2=C(C[n+]3cccc4c3ccn4CCCN(C)C(=O)OC(C)(C)C)CSC3C(NC(=O)/C(=N\OC4(C(=O)OC(C)(C)C)CC4)c4nc(NC(=O)OC(C)(C)C)sc4Cl)C(=O)N23)cc1. The molecule has 2 N–H and O–H groups in total. The van der Waals surface area contributed by atoms with E-state index >= 15 is 0 Å². The first-order valence-corrected chi connectivity index (χ1v) is 25.8. The largest absolute Gasteiger partial charge is 0.497 e. The molecule has 73 heavy (non-hydrogen) atoms. The van der Waals surface area contributed by atoms with E-state index in [1.165, 1.54) is 16.7 Å². The number of hydrogen-bond acceptors (Lipinski definition) is 16. The molecule has 0 bridgehead atoms. The van der Waals surface area contributed by atoms with Crippen molar-refractivity contribution in [2.24, 2.45) is 5.16 Å². The maximum absolute atomic E-state index is 14.4. The predicted octanol–water partition coefficient (Wildman–Crippen LogP) is 7.34. The summed E-state index contributed by atoms with van der Waals surface area (Å²) in [4.78, 5) is 94.7. The molecule has 4 aromatic rings. The number of hydrogen-bond donors (Lipinski definition) is 2. The number of thioether (sulfide) groups is 1. The molecule has 3 aromatic heterocycles. The number of halogens is 1. The van der Waals surface area contributed by atoms with Crippen LogP contribution >= 0.6 is 34.7 Å². The van der Waals surface area contributed by atoms with Crippen LogP contribution in [0.5, 0.6) is 5.75 Å². The van der Waals surface area contributed by atoms with Crippen LogP contribution in [0.4, 0.5) is 14.7 Å². The highest BCUT2D eigenvalue weighted by atomic mass is 35.5. The molecule has 2 unspecified atom stereocenters. The molecular weight excluding hydrogens is 1000 g/mol. The van der Waals surface area contributed by atoms with Gasteiger partial charge in [0.25, 0.3) is 11.8 Å². The number of carbonyl (C=O) groups excluding carboxylic acids is 6. The van der Waals surface area contributed by atoms with E-state index in [1.54, 1.807) is 84.9 Å². The van der Waals surface area contributed by atoms with E-state index in [2.05, 4.69) is 25.3 Å². The molecule has 392 valence electrons. The second-order valence-corrected chi connectivity index (χ2v) is 23.4. The first-order valence-electron chi connectivity index (χ1n) is 23.6. The Labute approximate surface area is 436 Å². The van der Waals surface area contributed by atoms with Gasteiger partial charge in [0.2, 0.25) is 11.1 Å². The summed E-state index contributed by atoms with van der Waals surface area (Å²) < 4.78 is 31.6. The van der Waals surface area contributed by atoms with Crippen LogP contribution in [-0.4, -0.2) is 121 Å². The summed E-state index contributed by atoms with van der Waals surface area (Å²) in [6.45, 7) is 16.9. The number of β-lactam (4-membered cyclic amide) rings is 1. The lowest BCUT2D eigenvalue weighted by atomic mass is 10.0. The highest BCUT2D eigenvalue weighted by molar-refractivity contribution is 8.00. The Balaban J connectivity index is 1.14. The van der Waals surface area contributed by atoms with Gasteiger partial charge in [-0.1, -0.05) is 40.2 Å². The number of benzene rings is 1. The minimum Gasteiger partial charge on any atom is -0.497 e. The summed E-state index contributed by atoms with van der Waals surface area (Å²) in [5, 5.41) is 8.60. The maximum Gasteiger partial charge on any atom is 0.413 e. The molecule has 1 saturated carbocycles. The van der Waals surface area contributed by atoms with Crippen molar-refractivity contribution in [2.45, 2.75) is 135 Å². The highest BCUT2D eigenvalue weighted by Crippen LogP contribution is 2.43. The smallest absolute Gasteiger partial charge is 0.413 e. The molecule has 5 heterocycles. The van der Waals surface area contributed by atoms with Crippen LogP contribution in [0.25, 0.3) is 11.0 Å². The number of rotatable bonds is 17.